The van der Waals surface area contributed by atoms with Gasteiger partial charge in [0.05, 0.1) is 31.3 Å². The van der Waals surface area contributed by atoms with Crippen molar-refractivity contribution in [3.63, 3.8) is 0 Å². The molecule has 0 amide bonds. The van der Waals surface area contributed by atoms with Crippen LogP contribution in [0.3, 0.4) is 0 Å². The van der Waals surface area contributed by atoms with E-state index in [1.165, 1.54) is 24.1 Å². The maximum Gasteiger partial charge on any atom is 0.418 e. The van der Waals surface area contributed by atoms with Crippen LogP contribution in [0.1, 0.15) is 17.5 Å². The third kappa shape index (κ3) is 4.92. The number of anilines is 1. The van der Waals surface area contributed by atoms with E-state index in [1.807, 2.05) is 6.07 Å². The van der Waals surface area contributed by atoms with Crippen LogP contribution in [0.4, 0.5) is 18.9 Å². The molecule has 0 unspecified atom stereocenters. The number of alkyl halides is 3. The number of ether oxygens (including phenoxy) is 1. The second kappa shape index (κ2) is 7.86. The van der Waals surface area contributed by atoms with Gasteiger partial charge in [0.2, 0.25) is 0 Å². The summed E-state index contributed by atoms with van der Waals surface area (Å²) in [6.45, 7) is 0.227. The van der Waals surface area contributed by atoms with Gasteiger partial charge in [-0.25, -0.2) is 0 Å². The Hall–Kier alpha value is -1.78. The molecule has 0 saturated heterocycles. The summed E-state index contributed by atoms with van der Waals surface area (Å²) < 4.78 is 44.4. The van der Waals surface area contributed by atoms with Crippen LogP contribution in [-0.2, 0) is 17.5 Å². The zero-order chi connectivity index (χ0) is 15.9. The summed E-state index contributed by atoms with van der Waals surface area (Å²) in [5, 5.41) is 17.6. The van der Waals surface area contributed by atoms with E-state index in [-0.39, 0.29) is 37.4 Å². The summed E-state index contributed by atoms with van der Waals surface area (Å²) in [7, 11) is 1.46. The van der Waals surface area contributed by atoms with Gasteiger partial charge in [0.15, 0.2) is 0 Å². The Morgan fingerprint density at radius 1 is 1.33 bits per heavy atom. The molecule has 0 fully saturated rings. The first kappa shape index (κ1) is 17.3. The first-order valence-corrected chi connectivity index (χ1v) is 6.35. The van der Waals surface area contributed by atoms with Crippen LogP contribution >= 0.6 is 0 Å². The van der Waals surface area contributed by atoms with E-state index in [0.29, 0.717) is 0 Å². The smallest absolute Gasteiger partial charge is 0.392 e. The summed E-state index contributed by atoms with van der Waals surface area (Å²) in [5.41, 5.74) is -0.631. The topological polar surface area (TPSA) is 56.5 Å². The van der Waals surface area contributed by atoms with E-state index in [9.17, 15) is 13.2 Å². The fourth-order valence-electron chi connectivity index (χ4n) is 1.92. The predicted octanol–water partition coefficient (Wildman–Crippen LogP) is 2.56. The highest BCUT2D eigenvalue weighted by Crippen LogP contribution is 2.37. The molecule has 0 aliphatic carbocycles. The van der Waals surface area contributed by atoms with Crippen LogP contribution in [0.5, 0.6) is 0 Å². The zero-order valence-corrected chi connectivity index (χ0v) is 11.7. The van der Waals surface area contributed by atoms with Crippen LogP contribution < -0.4 is 4.90 Å². The molecule has 0 aliphatic rings. The molecule has 0 bridgehead atoms. The lowest BCUT2D eigenvalue weighted by Crippen LogP contribution is -2.30. The molecule has 1 N–H and O–H groups in total. The zero-order valence-electron chi connectivity index (χ0n) is 11.7. The number of benzene rings is 1. The van der Waals surface area contributed by atoms with Crippen molar-refractivity contribution in [1.82, 2.24) is 0 Å². The van der Waals surface area contributed by atoms with Gasteiger partial charge >= 0.3 is 6.18 Å². The molecule has 21 heavy (non-hydrogen) atoms. The number of halogens is 3. The Morgan fingerprint density at radius 3 is 2.57 bits per heavy atom. The first-order valence-electron chi connectivity index (χ1n) is 6.35. The second-order valence-electron chi connectivity index (χ2n) is 4.40. The highest BCUT2D eigenvalue weighted by atomic mass is 19.4. The Labute approximate surface area is 121 Å². The lowest BCUT2D eigenvalue weighted by Gasteiger charge is -2.27. The highest BCUT2D eigenvalue weighted by molar-refractivity contribution is 5.56. The number of rotatable bonds is 7. The first-order chi connectivity index (χ1) is 9.93. The Bertz CT molecular complexity index is 498. The lowest BCUT2D eigenvalue weighted by atomic mass is 10.1. The van der Waals surface area contributed by atoms with Gasteiger partial charge in [-0.05, 0) is 17.7 Å². The van der Waals surface area contributed by atoms with Crippen molar-refractivity contribution in [2.24, 2.45) is 0 Å². The minimum atomic E-state index is -4.53. The summed E-state index contributed by atoms with van der Waals surface area (Å²) in [6.07, 6.45) is -4.42. The van der Waals surface area contributed by atoms with Crippen LogP contribution in [-0.4, -0.2) is 31.9 Å². The van der Waals surface area contributed by atoms with Crippen molar-refractivity contribution in [3.05, 3.63) is 29.3 Å². The molecule has 7 heteroatoms. The molecule has 0 aromatic heterocycles. The van der Waals surface area contributed by atoms with Crippen molar-refractivity contribution >= 4 is 5.69 Å². The van der Waals surface area contributed by atoms with E-state index in [0.717, 1.165) is 6.07 Å². The molecular weight excluding hydrogens is 285 g/mol. The fraction of sp³-hybridized carbons (Fsp3) is 0.500. The molecule has 116 valence electrons. The molecule has 1 rings (SSSR count). The maximum absolute atomic E-state index is 13.2. The maximum atomic E-state index is 13.2. The van der Waals surface area contributed by atoms with Gasteiger partial charge in [-0.1, -0.05) is 6.07 Å². The monoisotopic (exact) mass is 302 g/mol. The SMILES string of the molecule is COCCN(CCC#N)c1ccc(CO)cc1C(F)(F)F. The van der Waals surface area contributed by atoms with Gasteiger partial charge in [-0.15, -0.1) is 0 Å². The Balaban J connectivity index is 3.19. The van der Waals surface area contributed by atoms with Crippen molar-refractivity contribution < 1.29 is 23.0 Å². The van der Waals surface area contributed by atoms with E-state index in [1.54, 1.807) is 0 Å². The number of nitrogens with zero attached hydrogens (tertiary/aromatic N) is 2. The van der Waals surface area contributed by atoms with E-state index in [2.05, 4.69) is 0 Å². The molecule has 0 heterocycles. The van der Waals surface area contributed by atoms with Gasteiger partial charge < -0.3 is 14.7 Å². The van der Waals surface area contributed by atoms with E-state index >= 15 is 0 Å². The number of methoxy groups -OCH3 is 1. The largest absolute Gasteiger partial charge is 0.418 e. The summed E-state index contributed by atoms with van der Waals surface area (Å²) in [4.78, 5) is 1.47. The quantitative estimate of drug-likeness (QED) is 0.841. The summed E-state index contributed by atoms with van der Waals surface area (Å²) in [6, 6.07) is 5.62. The van der Waals surface area contributed by atoms with Gasteiger partial charge in [0, 0.05) is 25.9 Å². The number of aliphatic hydroxyl groups is 1. The van der Waals surface area contributed by atoms with Crippen molar-refractivity contribution in [3.8, 4) is 6.07 Å². The fourth-order valence-corrected chi connectivity index (χ4v) is 1.92. The van der Waals surface area contributed by atoms with Crippen molar-refractivity contribution in [2.75, 3.05) is 31.7 Å². The van der Waals surface area contributed by atoms with Gasteiger partial charge in [0.1, 0.15) is 0 Å². The minimum Gasteiger partial charge on any atom is -0.392 e. The van der Waals surface area contributed by atoms with E-state index < -0.39 is 18.3 Å². The van der Waals surface area contributed by atoms with Gasteiger partial charge in [0.25, 0.3) is 0 Å². The molecule has 4 nitrogen and oxygen atoms in total. The predicted molar refractivity (Wildman–Crippen MR) is 71.7 cm³/mol. The van der Waals surface area contributed by atoms with Crippen LogP contribution in [0.2, 0.25) is 0 Å². The minimum absolute atomic E-state index is 0.00741. The Kier molecular flexibility index (Phi) is 6.46. The average molecular weight is 302 g/mol. The third-order valence-electron chi connectivity index (χ3n) is 2.95. The molecule has 1 aromatic carbocycles. The number of hydrogen-bond donors (Lipinski definition) is 1. The normalized spacial score (nSPS) is 11.2. The van der Waals surface area contributed by atoms with Crippen LogP contribution in [0, 0.1) is 11.3 Å². The Morgan fingerprint density at radius 2 is 2.05 bits per heavy atom. The van der Waals surface area contributed by atoms with Gasteiger partial charge in [-0.3, -0.25) is 0 Å². The molecule has 0 saturated carbocycles. The lowest BCUT2D eigenvalue weighted by molar-refractivity contribution is -0.137. The second-order valence-corrected chi connectivity index (χ2v) is 4.40. The van der Waals surface area contributed by atoms with Gasteiger partial charge in [-0.2, -0.15) is 18.4 Å². The standard InChI is InChI=1S/C14H17F3N2O2/c1-21-8-7-19(6-2-5-18)13-4-3-11(10-20)9-12(13)14(15,16)17/h3-4,9,20H,2,6-8,10H2,1H3. The molecule has 0 atom stereocenters. The molecular formula is C14H17F3N2O2. The molecule has 0 aliphatic heterocycles. The summed E-state index contributed by atoms with van der Waals surface area (Å²) in [5.74, 6) is 0. The van der Waals surface area contributed by atoms with Crippen LogP contribution in [0.15, 0.2) is 18.2 Å². The van der Waals surface area contributed by atoms with E-state index in [4.69, 9.17) is 15.1 Å². The van der Waals surface area contributed by atoms with Crippen molar-refractivity contribution in [1.29, 1.82) is 5.26 Å². The number of nitriles is 1. The highest BCUT2D eigenvalue weighted by Gasteiger charge is 2.35. The average Bonchev–Trinajstić information content (AvgIpc) is 2.46. The van der Waals surface area contributed by atoms with Crippen molar-refractivity contribution in [2.45, 2.75) is 19.2 Å². The molecule has 0 spiro atoms. The number of hydrogen-bond acceptors (Lipinski definition) is 4. The van der Waals surface area contributed by atoms with Crippen LogP contribution in [0.25, 0.3) is 0 Å². The molecule has 0 radical (unpaired) electrons. The summed E-state index contributed by atoms with van der Waals surface area (Å²) >= 11 is 0. The molecule has 1 aromatic rings. The number of aliphatic hydroxyl groups excluding tert-OH is 1. The third-order valence-corrected chi connectivity index (χ3v) is 2.95.